The summed E-state index contributed by atoms with van der Waals surface area (Å²) in [6.07, 6.45) is 0. The monoisotopic (exact) mass is 290 g/mol. The number of H-pyrrole nitrogens is 3. The minimum atomic E-state index is -0.200. The summed E-state index contributed by atoms with van der Waals surface area (Å²) in [5.74, 6) is 0. The summed E-state index contributed by atoms with van der Waals surface area (Å²) in [6.45, 7) is 2.64. The van der Waals surface area contributed by atoms with Crippen molar-refractivity contribution in [1.82, 2.24) is 20.3 Å². The molecular formula is C13H14N4O2S. The molecule has 1 aromatic carbocycles. The maximum absolute atomic E-state index is 11.2. The van der Waals surface area contributed by atoms with Crippen LogP contribution in [0.2, 0.25) is 0 Å². The molecule has 0 spiro atoms. The second kappa shape index (κ2) is 5.10. The average Bonchev–Trinajstić information content (AvgIpc) is 2.99. The Balaban J connectivity index is 1.75. The van der Waals surface area contributed by atoms with Gasteiger partial charge in [0.2, 0.25) is 0 Å². The van der Waals surface area contributed by atoms with Gasteiger partial charge in [-0.05, 0) is 24.6 Å². The first kappa shape index (κ1) is 12.9. The lowest BCUT2D eigenvalue weighted by Crippen LogP contribution is -2.18. The van der Waals surface area contributed by atoms with Crippen molar-refractivity contribution in [3.63, 3.8) is 0 Å². The van der Waals surface area contributed by atoms with E-state index in [2.05, 4.69) is 20.3 Å². The zero-order chi connectivity index (χ0) is 14.1. The van der Waals surface area contributed by atoms with E-state index in [4.69, 9.17) is 0 Å². The Kier molecular flexibility index (Phi) is 3.29. The molecule has 0 aliphatic heterocycles. The molecular weight excluding hydrogens is 276 g/mol. The number of thiazole rings is 1. The fraction of sp³-hybridized carbons (Fsp3) is 0.231. The van der Waals surface area contributed by atoms with Gasteiger partial charge in [0.25, 0.3) is 0 Å². The minimum absolute atomic E-state index is 0.0410. The van der Waals surface area contributed by atoms with Crippen LogP contribution in [0.15, 0.2) is 33.2 Å². The number of aromatic nitrogens is 3. The Morgan fingerprint density at radius 3 is 2.75 bits per heavy atom. The average molecular weight is 290 g/mol. The van der Waals surface area contributed by atoms with Crippen LogP contribution >= 0.6 is 11.3 Å². The lowest BCUT2D eigenvalue weighted by molar-refractivity contribution is 0.569. The largest absolute Gasteiger partial charge is 0.323 e. The first-order valence-corrected chi connectivity index (χ1v) is 7.12. The molecule has 3 rings (SSSR count). The van der Waals surface area contributed by atoms with E-state index in [0.29, 0.717) is 6.54 Å². The Hall–Kier alpha value is -2.12. The van der Waals surface area contributed by atoms with Crippen LogP contribution in [0, 0.1) is 0 Å². The molecule has 0 radical (unpaired) electrons. The standard InChI is InChI=1S/C13H14N4O2S/c1-7(14-5-9-6-20-13(19)15-9)8-2-3-10-11(4-8)17-12(18)16-10/h2-4,6-7,14H,5H2,1H3,(H,15,19)(H2,16,17,18). The van der Waals surface area contributed by atoms with Gasteiger partial charge in [0, 0.05) is 23.7 Å². The van der Waals surface area contributed by atoms with E-state index in [1.54, 1.807) is 0 Å². The molecule has 0 aliphatic carbocycles. The predicted octanol–water partition coefficient (Wildman–Crippen LogP) is 1.46. The maximum Gasteiger partial charge on any atom is 0.323 e. The van der Waals surface area contributed by atoms with Gasteiger partial charge in [0.05, 0.1) is 11.0 Å². The molecule has 20 heavy (non-hydrogen) atoms. The van der Waals surface area contributed by atoms with Crippen molar-refractivity contribution in [2.24, 2.45) is 0 Å². The van der Waals surface area contributed by atoms with Crippen molar-refractivity contribution in [3.8, 4) is 0 Å². The molecule has 3 aromatic rings. The number of aromatic amines is 3. The van der Waals surface area contributed by atoms with Crippen LogP contribution in [0.5, 0.6) is 0 Å². The van der Waals surface area contributed by atoms with Crippen molar-refractivity contribution < 1.29 is 0 Å². The summed E-state index contributed by atoms with van der Waals surface area (Å²) in [5.41, 5.74) is 3.35. The third kappa shape index (κ3) is 2.59. The molecule has 0 saturated heterocycles. The molecule has 7 heteroatoms. The number of nitrogens with one attached hydrogen (secondary N) is 4. The SMILES string of the molecule is CC(NCc1csc(=O)[nH]1)c1ccc2[nH]c(=O)[nH]c2c1. The van der Waals surface area contributed by atoms with Gasteiger partial charge in [0.1, 0.15) is 0 Å². The van der Waals surface area contributed by atoms with Crippen molar-refractivity contribution in [1.29, 1.82) is 0 Å². The van der Waals surface area contributed by atoms with Crippen LogP contribution in [-0.2, 0) is 6.54 Å². The van der Waals surface area contributed by atoms with Crippen molar-refractivity contribution in [3.05, 3.63) is 55.0 Å². The highest BCUT2D eigenvalue weighted by molar-refractivity contribution is 7.07. The molecule has 0 aliphatic rings. The summed E-state index contributed by atoms with van der Waals surface area (Å²) >= 11 is 1.16. The second-order valence-electron chi connectivity index (χ2n) is 4.66. The number of rotatable bonds is 4. The van der Waals surface area contributed by atoms with Crippen LogP contribution in [-0.4, -0.2) is 15.0 Å². The van der Waals surface area contributed by atoms with Crippen molar-refractivity contribution in [2.75, 3.05) is 0 Å². The smallest absolute Gasteiger partial charge is 0.315 e. The van der Waals surface area contributed by atoms with Crippen LogP contribution in [0.3, 0.4) is 0 Å². The van der Waals surface area contributed by atoms with E-state index in [1.165, 1.54) is 0 Å². The van der Waals surface area contributed by atoms with Crippen LogP contribution < -0.4 is 15.9 Å². The highest BCUT2D eigenvalue weighted by Gasteiger charge is 2.07. The fourth-order valence-corrected chi connectivity index (χ4v) is 2.68. The lowest BCUT2D eigenvalue weighted by Gasteiger charge is -2.13. The number of fused-ring (bicyclic) bond motifs is 1. The highest BCUT2D eigenvalue weighted by atomic mass is 32.1. The first-order valence-electron chi connectivity index (χ1n) is 6.24. The zero-order valence-electron chi connectivity index (χ0n) is 10.8. The van der Waals surface area contributed by atoms with Crippen molar-refractivity contribution in [2.45, 2.75) is 19.5 Å². The van der Waals surface area contributed by atoms with Crippen LogP contribution in [0.1, 0.15) is 24.2 Å². The second-order valence-corrected chi connectivity index (χ2v) is 5.50. The molecule has 4 N–H and O–H groups in total. The third-order valence-electron chi connectivity index (χ3n) is 3.21. The van der Waals surface area contributed by atoms with E-state index >= 15 is 0 Å². The van der Waals surface area contributed by atoms with Gasteiger partial charge >= 0.3 is 10.6 Å². The molecule has 1 atom stereocenters. The Bertz CT molecular complexity index is 842. The maximum atomic E-state index is 11.2. The first-order chi connectivity index (χ1) is 9.61. The van der Waals surface area contributed by atoms with Gasteiger partial charge in [-0.2, -0.15) is 0 Å². The van der Waals surface area contributed by atoms with Crippen LogP contribution in [0.4, 0.5) is 0 Å². The van der Waals surface area contributed by atoms with E-state index in [-0.39, 0.29) is 16.6 Å². The molecule has 2 aromatic heterocycles. The van der Waals surface area contributed by atoms with E-state index in [0.717, 1.165) is 33.6 Å². The van der Waals surface area contributed by atoms with Gasteiger partial charge in [-0.1, -0.05) is 17.4 Å². The van der Waals surface area contributed by atoms with Gasteiger partial charge in [-0.3, -0.25) is 4.79 Å². The molecule has 104 valence electrons. The molecule has 0 saturated carbocycles. The Labute approximate surface area is 117 Å². The number of benzene rings is 1. The molecule has 0 fully saturated rings. The summed E-state index contributed by atoms with van der Waals surface area (Å²) in [5, 5.41) is 5.15. The quantitative estimate of drug-likeness (QED) is 0.586. The normalized spacial score (nSPS) is 12.8. The predicted molar refractivity (Wildman–Crippen MR) is 79.1 cm³/mol. The van der Waals surface area contributed by atoms with Gasteiger partial charge < -0.3 is 20.3 Å². The Morgan fingerprint density at radius 2 is 2.00 bits per heavy atom. The lowest BCUT2D eigenvalue weighted by atomic mass is 10.1. The third-order valence-corrected chi connectivity index (χ3v) is 3.93. The molecule has 1 unspecified atom stereocenters. The van der Waals surface area contributed by atoms with Gasteiger partial charge in [0.15, 0.2) is 0 Å². The van der Waals surface area contributed by atoms with Gasteiger partial charge in [-0.15, -0.1) is 0 Å². The fourth-order valence-electron chi connectivity index (χ4n) is 2.10. The summed E-state index contributed by atoms with van der Waals surface area (Å²) in [6, 6.07) is 5.91. The summed E-state index contributed by atoms with van der Waals surface area (Å²) < 4.78 is 0. The number of hydrogen-bond acceptors (Lipinski definition) is 4. The van der Waals surface area contributed by atoms with Crippen molar-refractivity contribution >= 4 is 22.4 Å². The number of imidazole rings is 1. The zero-order valence-corrected chi connectivity index (χ0v) is 11.6. The summed E-state index contributed by atoms with van der Waals surface area (Å²) in [4.78, 5) is 30.5. The minimum Gasteiger partial charge on any atom is -0.315 e. The molecule has 0 bridgehead atoms. The van der Waals surface area contributed by atoms with E-state index in [1.807, 2.05) is 30.5 Å². The van der Waals surface area contributed by atoms with Gasteiger partial charge in [-0.25, -0.2) is 4.79 Å². The molecule has 6 nitrogen and oxygen atoms in total. The van der Waals surface area contributed by atoms with Crippen LogP contribution in [0.25, 0.3) is 11.0 Å². The molecule has 2 heterocycles. The highest BCUT2D eigenvalue weighted by Crippen LogP contribution is 2.17. The summed E-state index contributed by atoms with van der Waals surface area (Å²) in [7, 11) is 0. The van der Waals surface area contributed by atoms with E-state index in [9.17, 15) is 9.59 Å². The van der Waals surface area contributed by atoms with E-state index < -0.39 is 0 Å². The topological polar surface area (TPSA) is 93.5 Å². The molecule has 0 amide bonds. The number of hydrogen-bond donors (Lipinski definition) is 4. The Morgan fingerprint density at radius 1 is 1.20 bits per heavy atom.